The highest BCUT2D eigenvalue weighted by molar-refractivity contribution is 5.30. The summed E-state index contributed by atoms with van der Waals surface area (Å²) in [6, 6.07) is 10.2. The van der Waals surface area contributed by atoms with Crippen LogP contribution in [0.4, 0.5) is 4.39 Å². The third kappa shape index (κ3) is 3.76. The molecule has 1 heterocycles. The fourth-order valence-corrected chi connectivity index (χ4v) is 1.79. The second kappa shape index (κ2) is 6.29. The van der Waals surface area contributed by atoms with Gasteiger partial charge in [0.25, 0.3) is 0 Å². The molecule has 0 bridgehead atoms. The molecule has 0 saturated carbocycles. The largest absolute Gasteiger partial charge is 0.493 e. The zero-order valence-corrected chi connectivity index (χ0v) is 10.8. The monoisotopic (exact) mass is 260 g/mol. The van der Waals surface area contributed by atoms with Crippen molar-refractivity contribution < 1.29 is 9.13 Å². The van der Waals surface area contributed by atoms with Crippen LogP contribution in [0.1, 0.15) is 24.2 Å². The molecule has 0 aliphatic heterocycles. The van der Waals surface area contributed by atoms with Crippen LogP contribution in [0.2, 0.25) is 0 Å². The van der Waals surface area contributed by atoms with E-state index < -0.39 is 0 Å². The van der Waals surface area contributed by atoms with E-state index in [4.69, 9.17) is 10.5 Å². The molecule has 0 saturated heterocycles. The summed E-state index contributed by atoms with van der Waals surface area (Å²) in [7, 11) is 0. The molecule has 0 amide bonds. The molecule has 1 atom stereocenters. The molecule has 2 N–H and O–H groups in total. The maximum Gasteiger partial charge on any atom is 0.131 e. The molecular formula is C15H17FN2O. The Morgan fingerprint density at radius 1 is 1.32 bits per heavy atom. The van der Waals surface area contributed by atoms with E-state index >= 15 is 0 Å². The molecule has 1 aromatic heterocycles. The van der Waals surface area contributed by atoms with Gasteiger partial charge in [-0.3, -0.25) is 4.98 Å². The molecule has 4 heteroatoms. The Bertz CT molecular complexity index is 529. The normalized spacial score (nSPS) is 12.2. The molecule has 2 aromatic rings. The van der Waals surface area contributed by atoms with Crippen LogP contribution in [-0.2, 0) is 6.42 Å². The summed E-state index contributed by atoms with van der Waals surface area (Å²) >= 11 is 0. The summed E-state index contributed by atoms with van der Waals surface area (Å²) in [5, 5.41) is 0. The van der Waals surface area contributed by atoms with Crippen LogP contribution in [0.3, 0.4) is 0 Å². The first-order valence-corrected chi connectivity index (χ1v) is 6.24. The third-order valence-corrected chi connectivity index (χ3v) is 2.82. The number of pyridine rings is 1. The van der Waals surface area contributed by atoms with E-state index in [2.05, 4.69) is 4.98 Å². The molecule has 0 spiro atoms. The minimum absolute atomic E-state index is 0.317. The zero-order chi connectivity index (χ0) is 13.7. The predicted molar refractivity (Wildman–Crippen MR) is 72.4 cm³/mol. The van der Waals surface area contributed by atoms with Crippen molar-refractivity contribution in [3.05, 3.63) is 59.7 Å². The second-order valence-electron chi connectivity index (χ2n) is 4.39. The van der Waals surface area contributed by atoms with Crippen LogP contribution in [0.5, 0.6) is 5.75 Å². The van der Waals surface area contributed by atoms with Crippen LogP contribution >= 0.6 is 0 Å². The fraction of sp³-hybridized carbons (Fsp3) is 0.267. The smallest absolute Gasteiger partial charge is 0.131 e. The van der Waals surface area contributed by atoms with Gasteiger partial charge in [0.1, 0.15) is 11.6 Å². The van der Waals surface area contributed by atoms with Gasteiger partial charge in [-0.05, 0) is 25.1 Å². The minimum Gasteiger partial charge on any atom is -0.493 e. The SMILES string of the molecule is C[C@H](N)c1ccc(OCCc2ccccn2)cc1F. The lowest BCUT2D eigenvalue weighted by molar-refractivity contribution is 0.318. The van der Waals surface area contributed by atoms with Gasteiger partial charge in [0.2, 0.25) is 0 Å². The molecule has 100 valence electrons. The Hall–Kier alpha value is -1.94. The standard InChI is InChI=1S/C15H17FN2O/c1-11(17)14-6-5-13(10-15(14)16)19-9-7-12-4-2-3-8-18-12/h2-6,8,10-11H,7,9,17H2,1H3/t11-/m0/s1. The number of hydrogen-bond acceptors (Lipinski definition) is 3. The first kappa shape index (κ1) is 13.5. The van der Waals surface area contributed by atoms with Gasteiger partial charge >= 0.3 is 0 Å². The summed E-state index contributed by atoms with van der Waals surface area (Å²) in [6.45, 7) is 2.22. The Labute approximate surface area is 112 Å². The lowest BCUT2D eigenvalue weighted by atomic mass is 10.1. The van der Waals surface area contributed by atoms with Crippen LogP contribution in [0.15, 0.2) is 42.6 Å². The zero-order valence-electron chi connectivity index (χ0n) is 10.8. The van der Waals surface area contributed by atoms with Crippen LogP contribution in [0.25, 0.3) is 0 Å². The van der Waals surface area contributed by atoms with Crippen molar-refractivity contribution in [1.29, 1.82) is 0 Å². The highest BCUT2D eigenvalue weighted by Gasteiger charge is 2.08. The number of hydrogen-bond donors (Lipinski definition) is 1. The lowest BCUT2D eigenvalue weighted by Gasteiger charge is -2.10. The molecule has 0 radical (unpaired) electrons. The van der Waals surface area contributed by atoms with Crippen LogP contribution < -0.4 is 10.5 Å². The molecule has 3 nitrogen and oxygen atoms in total. The first-order chi connectivity index (χ1) is 9.16. The summed E-state index contributed by atoms with van der Waals surface area (Å²) in [4.78, 5) is 4.19. The maximum absolute atomic E-state index is 13.7. The van der Waals surface area contributed by atoms with Gasteiger partial charge in [0.15, 0.2) is 0 Å². The van der Waals surface area contributed by atoms with Crippen molar-refractivity contribution in [1.82, 2.24) is 4.98 Å². The van der Waals surface area contributed by atoms with Crippen molar-refractivity contribution in [3.63, 3.8) is 0 Å². The quantitative estimate of drug-likeness (QED) is 0.899. The van der Waals surface area contributed by atoms with Gasteiger partial charge < -0.3 is 10.5 Å². The van der Waals surface area contributed by atoms with E-state index in [1.165, 1.54) is 6.07 Å². The first-order valence-electron chi connectivity index (χ1n) is 6.24. The molecule has 1 aromatic carbocycles. The van der Waals surface area contributed by atoms with Crippen LogP contribution in [0, 0.1) is 5.82 Å². The number of halogens is 1. The molecule has 19 heavy (non-hydrogen) atoms. The molecule has 0 aliphatic rings. The van der Waals surface area contributed by atoms with Crippen molar-refractivity contribution >= 4 is 0 Å². The topological polar surface area (TPSA) is 48.1 Å². The molecule has 0 fully saturated rings. The average molecular weight is 260 g/mol. The van der Waals surface area contributed by atoms with E-state index in [9.17, 15) is 4.39 Å². The number of aromatic nitrogens is 1. The third-order valence-electron chi connectivity index (χ3n) is 2.82. The highest BCUT2D eigenvalue weighted by Crippen LogP contribution is 2.20. The Morgan fingerprint density at radius 2 is 2.16 bits per heavy atom. The van der Waals surface area contributed by atoms with Gasteiger partial charge in [-0.2, -0.15) is 0 Å². The minimum atomic E-state index is -0.328. The Balaban J connectivity index is 1.92. The van der Waals surface area contributed by atoms with Gasteiger partial charge in [0.05, 0.1) is 6.61 Å². The molecule has 0 aliphatic carbocycles. The predicted octanol–water partition coefficient (Wildman–Crippen LogP) is 2.86. The van der Waals surface area contributed by atoms with Gasteiger partial charge in [0, 0.05) is 36.0 Å². The van der Waals surface area contributed by atoms with Crippen molar-refractivity contribution in [2.45, 2.75) is 19.4 Å². The lowest BCUT2D eigenvalue weighted by Crippen LogP contribution is -2.08. The number of ether oxygens (including phenoxy) is 1. The van der Waals surface area contributed by atoms with E-state index in [0.29, 0.717) is 24.3 Å². The van der Waals surface area contributed by atoms with Crippen molar-refractivity contribution in [3.8, 4) is 5.75 Å². The number of rotatable bonds is 5. The second-order valence-corrected chi connectivity index (χ2v) is 4.39. The Morgan fingerprint density at radius 3 is 2.79 bits per heavy atom. The molecular weight excluding hydrogens is 243 g/mol. The summed E-state index contributed by atoms with van der Waals surface area (Å²) in [6.07, 6.45) is 2.43. The van der Waals surface area contributed by atoms with Crippen LogP contribution in [-0.4, -0.2) is 11.6 Å². The van der Waals surface area contributed by atoms with E-state index in [-0.39, 0.29) is 11.9 Å². The molecule has 2 rings (SSSR count). The van der Waals surface area contributed by atoms with E-state index in [0.717, 1.165) is 5.69 Å². The number of benzene rings is 1. The number of nitrogens with two attached hydrogens (primary N) is 1. The highest BCUT2D eigenvalue weighted by atomic mass is 19.1. The van der Waals surface area contributed by atoms with Crippen molar-refractivity contribution in [2.24, 2.45) is 5.73 Å². The van der Waals surface area contributed by atoms with Crippen molar-refractivity contribution in [2.75, 3.05) is 6.61 Å². The summed E-state index contributed by atoms with van der Waals surface area (Å²) < 4.78 is 19.2. The molecule has 0 unspecified atom stereocenters. The maximum atomic E-state index is 13.7. The van der Waals surface area contributed by atoms with Gasteiger partial charge in [-0.1, -0.05) is 12.1 Å². The van der Waals surface area contributed by atoms with Gasteiger partial charge in [-0.15, -0.1) is 0 Å². The fourth-order valence-electron chi connectivity index (χ4n) is 1.79. The van der Waals surface area contributed by atoms with E-state index in [1.807, 2.05) is 18.2 Å². The summed E-state index contributed by atoms with van der Waals surface area (Å²) in [5.41, 5.74) is 7.10. The summed E-state index contributed by atoms with van der Waals surface area (Å²) in [5.74, 6) is 0.183. The average Bonchev–Trinajstić information content (AvgIpc) is 2.39. The van der Waals surface area contributed by atoms with Gasteiger partial charge in [-0.25, -0.2) is 4.39 Å². The van der Waals surface area contributed by atoms with E-state index in [1.54, 1.807) is 25.3 Å². The Kier molecular flexibility index (Phi) is 4.47. The number of nitrogens with zero attached hydrogens (tertiary/aromatic N) is 1.